The lowest BCUT2D eigenvalue weighted by Crippen LogP contribution is -2.51. The highest BCUT2D eigenvalue weighted by molar-refractivity contribution is 7.09. The molecule has 2 saturated heterocycles. The number of amides is 3. The second kappa shape index (κ2) is 9.33. The minimum Gasteiger partial charge on any atom is -0.315 e. The highest BCUT2D eigenvalue weighted by Gasteiger charge is 2.54. The number of piperazine rings is 1. The monoisotopic (exact) mass is 474 g/mol. The molecule has 0 saturated carbocycles. The van der Waals surface area contributed by atoms with Crippen molar-refractivity contribution in [3.63, 3.8) is 0 Å². The van der Waals surface area contributed by atoms with Gasteiger partial charge in [0.15, 0.2) is 5.54 Å². The van der Waals surface area contributed by atoms with E-state index >= 15 is 0 Å². The number of nitrogens with one attached hydrogen (secondary N) is 1. The first-order valence-electron chi connectivity index (χ1n) is 11.7. The summed E-state index contributed by atoms with van der Waals surface area (Å²) in [5, 5.41) is 5.19. The average Bonchev–Trinajstić information content (AvgIpc) is 3.45. The van der Waals surface area contributed by atoms with Crippen LogP contribution in [0.15, 0.2) is 66.0 Å². The van der Waals surface area contributed by atoms with Crippen LogP contribution >= 0.6 is 11.3 Å². The van der Waals surface area contributed by atoms with Crippen LogP contribution in [0.4, 0.5) is 4.79 Å². The van der Waals surface area contributed by atoms with E-state index in [9.17, 15) is 9.59 Å². The Kier molecular flexibility index (Phi) is 6.25. The number of carbonyl (C=O) groups excluding carboxylic acids is 2. The maximum absolute atomic E-state index is 14.0. The summed E-state index contributed by atoms with van der Waals surface area (Å²) in [6.07, 6.45) is 0. The van der Waals surface area contributed by atoms with Crippen LogP contribution in [0.2, 0.25) is 0 Å². The highest BCUT2D eigenvalue weighted by Crippen LogP contribution is 2.37. The molecule has 1 N–H and O–H groups in total. The van der Waals surface area contributed by atoms with Crippen molar-refractivity contribution in [3.8, 4) is 0 Å². The standard InChI is InChI=1S/C27H30N4O2S/c1-20-10-11-23(17-21(20)2)27(22-7-4-3-5-8-22)25(32)31(26(33)28-27)19-30-14-12-29(13-15-30)18-24-9-6-16-34-24/h3-11,16-17H,12-15,18-19H2,1-2H3,(H,28,33)/t27-/m0/s1. The predicted molar refractivity (Wildman–Crippen MR) is 135 cm³/mol. The molecule has 34 heavy (non-hydrogen) atoms. The fraction of sp³-hybridized carbons (Fsp3) is 0.333. The van der Waals surface area contributed by atoms with Gasteiger partial charge >= 0.3 is 6.03 Å². The van der Waals surface area contributed by atoms with E-state index in [4.69, 9.17) is 0 Å². The maximum atomic E-state index is 14.0. The third kappa shape index (κ3) is 4.15. The zero-order valence-corrected chi connectivity index (χ0v) is 20.5. The van der Waals surface area contributed by atoms with Crippen LogP contribution < -0.4 is 5.32 Å². The Morgan fingerprint density at radius 3 is 2.26 bits per heavy atom. The maximum Gasteiger partial charge on any atom is 0.326 e. The minimum absolute atomic E-state index is 0.215. The van der Waals surface area contributed by atoms with E-state index in [0.29, 0.717) is 6.67 Å². The third-order valence-corrected chi connectivity index (χ3v) is 7.88. The van der Waals surface area contributed by atoms with E-state index in [0.717, 1.165) is 55.0 Å². The van der Waals surface area contributed by atoms with Crippen molar-refractivity contribution in [2.45, 2.75) is 25.9 Å². The molecule has 176 valence electrons. The van der Waals surface area contributed by atoms with Gasteiger partial charge in [0, 0.05) is 37.6 Å². The van der Waals surface area contributed by atoms with Gasteiger partial charge < -0.3 is 5.32 Å². The van der Waals surface area contributed by atoms with Gasteiger partial charge in [-0.05, 0) is 47.5 Å². The van der Waals surface area contributed by atoms with Gasteiger partial charge in [0.25, 0.3) is 5.91 Å². The van der Waals surface area contributed by atoms with Gasteiger partial charge in [-0.25, -0.2) is 9.69 Å². The Morgan fingerprint density at radius 2 is 1.59 bits per heavy atom. The van der Waals surface area contributed by atoms with Gasteiger partial charge in [-0.3, -0.25) is 14.6 Å². The van der Waals surface area contributed by atoms with Gasteiger partial charge in [-0.1, -0.05) is 54.6 Å². The van der Waals surface area contributed by atoms with Crippen LogP contribution in [0.25, 0.3) is 0 Å². The molecule has 0 aliphatic carbocycles. The number of benzene rings is 2. The Labute approximate surface area is 204 Å². The summed E-state index contributed by atoms with van der Waals surface area (Å²) in [6.45, 7) is 8.83. The number of urea groups is 1. The molecule has 0 unspecified atom stereocenters. The van der Waals surface area contributed by atoms with E-state index in [2.05, 4.69) is 32.6 Å². The van der Waals surface area contributed by atoms with Gasteiger partial charge in [0.05, 0.1) is 6.67 Å². The zero-order valence-electron chi connectivity index (χ0n) is 19.7. The first-order valence-corrected chi connectivity index (χ1v) is 12.6. The summed E-state index contributed by atoms with van der Waals surface area (Å²) in [6, 6.07) is 19.5. The Morgan fingerprint density at radius 1 is 0.853 bits per heavy atom. The largest absolute Gasteiger partial charge is 0.326 e. The van der Waals surface area contributed by atoms with Crippen molar-refractivity contribution in [1.29, 1.82) is 0 Å². The van der Waals surface area contributed by atoms with Crippen LogP contribution in [-0.2, 0) is 16.9 Å². The van der Waals surface area contributed by atoms with Crippen molar-refractivity contribution >= 4 is 23.3 Å². The third-order valence-electron chi connectivity index (χ3n) is 7.02. The summed E-state index contributed by atoms with van der Waals surface area (Å²) < 4.78 is 0. The first-order chi connectivity index (χ1) is 16.5. The molecule has 6 nitrogen and oxygen atoms in total. The van der Waals surface area contributed by atoms with Gasteiger partial charge in [-0.2, -0.15) is 0 Å². The Balaban J connectivity index is 1.36. The Hall–Kier alpha value is -3.00. The number of rotatable bonds is 6. The molecule has 7 heteroatoms. The topological polar surface area (TPSA) is 55.9 Å². The molecule has 0 spiro atoms. The van der Waals surface area contributed by atoms with Crippen molar-refractivity contribution in [3.05, 3.63) is 93.2 Å². The molecule has 3 aromatic rings. The van der Waals surface area contributed by atoms with Crippen LogP contribution in [-0.4, -0.2) is 59.5 Å². The van der Waals surface area contributed by atoms with Crippen LogP contribution in [0, 0.1) is 13.8 Å². The van der Waals surface area contributed by atoms with Crippen molar-refractivity contribution in [2.75, 3.05) is 32.8 Å². The van der Waals surface area contributed by atoms with E-state index in [-0.39, 0.29) is 11.9 Å². The lowest BCUT2D eigenvalue weighted by atomic mass is 9.81. The summed E-state index contributed by atoms with van der Waals surface area (Å²) in [7, 11) is 0. The molecule has 0 radical (unpaired) electrons. The van der Waals surface area contributed by atoms with Crippen molar-refractivity contribution in [1.82, 2.24) is 20.0 Å². The second-order valence-corrected chi connectivity index (χ2v) is 10.2. The highest BCUT2D eigenvalue weighted by atomic mass is 32.1. The normalized spacial score (nSPS) is 21.8. The summed E-state index contributed by atoms with van der Waals surface area (Å²) in [5.74, 6) is -0.215. The zero-order chi connectivity index (χ0) is 23.7. The molecule has 1 aromatic heterocycles. The molecule has 2 aromatic carbocycles. The van der Waals surface area contributed by atoms with Crippen LogP contribution in [0.1, 0.15) is 27.1 Å². The van der Waals surface area contributed by atoms with E-state index < -0.39 is 5.54 Å². The fourth-order valence-electron chi connectivity index (χ4n) is 4.84. The van der Waals surface area contributed by atoms with Gasteiger partial charge in [0.2, 0.25) is 0 Å². The van der Waals surface area contributed by atoms with Gasteiger partial charge in [0.1, 0.15) is 0 Å². The number of aryl methyl sites for hydroxylation is 2. The molecule has 5 rings (SSSR count). The number of nitrogens with zero attached hydrogens (tertiary/aromatic N) is 3. The van der Waals surface area contributed by atoms with Crippen LogP contribution in [0.5, 0.6) is 0 Å². The number of hydrogen-bond acceptors (Lipinski definition) is 5. The average molecular weight is 475 g/mol. The first kappa shape index (κ1) is 22.8. The number of hydrogen-bond donors (Lipinski definition) is 1. The lowest BCUT2D eigenvalue weighted by Gasteiger charge is -2.36. The predicted octanol–water partition coefficient (Wildman–Crippen LogP) is 3.94. The molecule has 0 bridgehead atoms. The van der Waals surface area contributed by atoms with E-state index in [1.807, 2.05) is 62.4 Å². The molecule has 2 fully saturated rings. The molecule has 1 atom stereocenters. The fourth-order valence-corrected chi connectivity index (χ4v) is 5.58. The molecule has 2 aliphatic heterocycles. The summed E-state index contributed by atoms with van der Waals surface area (Å²) >= 11 is 1.78. The number of carbonyl (C=O) groups is 2. The van der Waals surface area contributed by atoms with E-state index in [1.54, 1.807) is 11.3 Å². The number of thiophene rings is 1. The lowest BCUT2D eigenvalue weighted by molar-refractivity contribution is -0.132. The van der Waals surface area contributed by atoms with E-state index in [1.165, 1.54) is 9.78 Å². The SMILES string of the molecule is Cc1ccc([C@]2(c3ccccc3)NC(=O)N(CN3CCN(Cc4cccs4)CC3)C2=O)cc1C. The van der Waals surface area contributed by atoms with Crippen molar-refractivity contribution < 1.29 is 9.59 Å². The summed E-state index contributed by atoms with van der Waals surface area (Å²) in [5.41, 5.74) is 2.61. The van der Waals surface area contributed by atoms with Crippen LogP contribution in [0.3, 0.4) is 0 Å². The quantitative estimate of drug-likeness (QED) is 0.550. The summed E-state index contributed by atoms with van der Waals surface area (Å²) in [4.78, 5) is 34.6. The second-order valence-electron chi connectivity index (χ2n) is 9.19. The molecule has 2 aliphatic rings. The number of imide groups is 1. The molecular formula is C27H30N4O2S. The molecule has 3 heterocycles. The molecule has 3 amide bonds. The Bertz CT molecular complexity index is 1170. The van der Waals surface area contributed by atoms with Gasteiger partial charge in [-0.15, -0.1) is 11.3 Å². The smallest absolute Gasteiger partial charge is 0.315 e. The van der Waals surface area contributed by atoms with Crippen molar-refractivity contribution in [2.24, 2.45) is 0 Å². The minimum atomic E-state index is -1.21. The molecular weight excluding hydrogens is 444 g/mol.